The molecule has 4 amide bonds. The number of hydrogen-bond donors (Lipinski definition) is 4. The zero-order chi connectivity index (χ0) is 29.7. The van der Waals surface area contributed by atoms with Crippen molar-refractivity contribution in [2.24, 2.45) is 11.8 Å². The van der Waals surface area contributed by atoms with Gasteiger partial charge in [0.2, 0.25) is 11.8 Å². The van der Waals surface area contributed by atoms with Gasteiger partial charge in [-0.1, -0.05) is 0 Å². The van der Waals surface area contributed by atoms with E-state index < -0.39 is 29.7 Å². The SMILES string of the molecule is N=C(/C(=C\N[C@H]1C[C@H](CNc2ccc3c(c2)C(=O)N(C2CCC(=O)NC2=O)C3=O)C1)c1nccc2cnccc12)C1CC1. The largest absolute Gasteiger partial charge is 0.388 e. The van der Waals surface area contributed by atoms with E-state index in [-0.39, 0.29) is 35.9 Å². The number of nitrogens with zero attached hydrogens (tertiary/aromatic N) is 3. The number of benzene rings is 1. The summed E-state index contributed by atoms with van der Waals surface area (Å²) in [5.74, 6) is -1.32. The molecule has 2 aliphatic heterocycles. The van der Waals surface area contributed by atoms with Crippen molar-refractivity contribution in [2.75, 3.05) is 11.9 Å². The number of carbonyl (C=O) groups is 4. The highest BCUT2D eigenvalue weighted by atomic mass is 16.2. The van der Waals surface area contributed by atoms with Gasteiger partial charge in [-0.05, 0) is 68.4 Å². The maximum atomic E-state index is 13.1. The first-order valence-electron chi connectivity index (χ1n) is 14.7. The van der Waals surface area contributed by atoms with Crippen molar-refractivity contribution in [1.82, 2.24) is 25.5 Å². The summed E-state index contributed by atoms with van der Waals surface area (Å²) in [6.07, 6.45) is 11.5. The van der Waals surface area contributed by atoms with Gasteiger partial charge in [0.25, 0.3) is 11.8 Å². The molecule has 11 nitrogen and oxygen atoms in total. The molecule has 1 atom stereocenters. The maximum absolute atomic E-state index is 13.1. The second-order valence-electron chi connectivity index (χ2n) is 11.8. The molecule has 11 heteroatoms. The average Bonchev–Trinajstić information content (AvgIpc) is 3.81. The molecule has 3 aromatic rings. The molecule has 2 saturated carbocycles. The summed E-state index contributed by atoms with van der Waals surface area (Å²) >= 11 is 0. The van der Waals surface area contributed by atoms with Crippen LogP contribution in [0.5, 0.6) is 0 Å². The first kappa shape index (κ1) is 26.9. The minimum atomic E-state index is -0.975. The molecule has 1 unspecified atom stereocenters. The molecule has 0 radical (unpaired) electrons. The van der Waals surface area contributed by atoms with Crippen LogP contribution in [0.1, 0.15) is 64.9 Å². The Morgan fingerprint density at radius 1 is 1.02 bits per heavy atom. The first-order chi connectivity index (χ1) is 20.9. The highest BCUT2D eigenvalue weighted by Gasteiger charge is 2.44. The number of imide groups is 2. The lowest BCUT2D eigenvalue weighted by Crippen LogP contribution is -2.54. The van der Waals surface area contributed by atoms with Crippen LogP contribution in [0.2, 0.25) is 0 Å². The Morgan fingerprint density at radius 2 is 1.84 bits per heavy atom. The Bertz CT molecular complexity index is 1720. The van der Waals surface area contributed by atoms with Gasteiger partial charge < -0.3 is 16.0 Å². The summed E-state index contributed by atoms with van der Waals surface area (Å²) in [6.45, 7) is 0.711. The van der Waals surface area contributed by atoms with Gasteiger partial charge in [-0.15, -0.1) is 0 Å². The number of hydrogen-bond acceptors (Lipinski definition) is 9. The Kier molecular flexibility index (Phi) is 6.72. The zero-order valence-electron chi connectivity index (χ0n) is 23.4. The van der Waals surface area contributed by atoms with Crippen molar-refractivity contribution < 1.29 is 19.2 Å². The van der Waals surface area contributed by atoms with E-state index >= 15 is 0 Å². The third-order valence-electron chi connectivity index (χ3n) is 8.83. The molecular formula is C32H31N7O4. The molecule has 4 heterocycles. The molecule has 1 saturated heterocycles. The quantitative estimate of drug-likeness (QED) is 0.223. The lowest BCUT2D eigenvalue weighted by atomic mass is 9.80. The number of piperidine rings is 1. The summed E-state index contributed by atoms with van der Waals surface area (Å²) in [7, 11) is 0. The van der Waals surface area contributed by atoms with E-state index in [9.17, 15) is 19.2 Å². The first-order valence-corrected chi connectivity index (χ1v) is 14.7. The smallest absolute Gasteiger partial charge is 0.262 e. The van der Waals surface area contributed by atoms with E-state index in [0.29, 0.717) is 18.2 Å². The van der Waals surface area contributed by atoms with E-state index in [0.717, 1.165) is 58.3 Å². The van der Waals surface area contributed by atoms with Crippen LogP contribution in [0, 0.1) is 17.2 Å². The number of rotatable bonds is 9. The number of allylic oxidation sites excluding steroid dienone is 1. The molecule has 7 rings (SSSR count). The van der Waals surface area contributed by atoms with Crippen molar-refractivity contribution in [2.45, 2.75) is 50.6 Å². The number of nitrogens with one attached hydrogen (secondary N) is 4. The van der Waals surface area contributed by atoms with E-state index in [4.69, 9.17) is 5.41 Å². The number of carbonyl (C=O) groups excluding carboxylic acids is 4. The van der Waals surface area contributed by atoms with Crippen LogP contribution < -0.4 is 16.0 Å². The minimum absolute atomic E-state index is 0.0891. The number of aromatic nitrogens is 2. The van der Waals surface area contributed by atoms with Crippen LogP contribution in [0.25, 0.3) is 16.3 Å². The third-order valence-corrected chi connectivity index (χ3v) is 8.83. The molecule has 2 aliphatic carbocycles. The summed E-state index contributed by atoms with van der Waals surface area (Å²) in [4.78, 5) is 59.7. The Morgan fingerprint density at radius 3 is 2.63 bits per heavy atom. The standard InChI is InChI=1S/C32H31N7O4/c33-28(18-1-2-18)25(29-22-8-9-34-15-19(22)7-10-35-29)16-37-21-11-17(12-21)14-36-20-3-4-23-24(13-20)32(43)39(31(23)42)26-5-6-27(40)38-30(26)41/h3-4,7-10,13,15-18,21,26,33,36-37H,1-2,5-6,11-12,14H2,(H,38,40,41)/b25-16+,33-28?/t17-,21-,26?. The molecule has 2 aromatic heterocycles. The predicted molar refractivity (Wildman–Crippen MR) is 159 cm³/mol. The van der Waals surface area contributed by atoms with E-state index in [1.165, 1.54) is 0 Å². The van der Waals surface area contributed by atoms with Crippen molar-refractivity contribution in [3.05, 3.63) is 71.9 Å². The number of anilines is 1. The lowest BCUT2D eigenvalue weighted by molar-refractivity contribution is -0.136. The van der Waals surface area contributed by atoms with Crippen molar-refractivity contribution >= 4 is 51.4 Å². The van der Waals surface area contributed by atoms with E-state index in [1.54, 1.807) is 30.6 Å². The van der Waals surface area contributed by atoms with Crippen LogP contribution >= 0.6 is 0 Å². The van der Waals surface area contributed by atoms with Crippen LogP contribution in [0.3, 0.4) is 0 Å². The molecular weight excluding hydrogens is 546 g/mol. The van der Waals surface area contributed by atoms with Crippen molar-refractivity contribution in [1.29, 1.82) is 5.41 Å². The highest BCUT2D eigenvalue weighted by Crippen LogP contribution is 2.37. The van der Waals surface area contributed by atoms with Gasteiger partial charge in [0.1, 0.15) is 6.04 Å². The van der Waals surface area contributed by atoms with Crippen LogP contribution in [-0.4, -0.2) is 62.8 Å². The predicted octanol–water partition coefficient (Wildman–Crippen LogP) is 3.28. The summed E-state index contributed by atoms with van der Waals surface area (Å²) in [5.41, 5.74) is 3.54. The van der Waals surface area contributed by atoms with Crippen LogP contribution in [-0.2, 0) is 9.59 Å². The van der Waals surface area contributed by atoms with Gasteiger partial charge in [-0.25, -0.2) is 0 Å². The molecule has 4 aliphatic rings. The Balaban J connectivity index is 0.971. The summed E-state index contributed by atoms with van der Waals surface area (Å²) in [6, 6.07) is 8.26. The monoisotopic (exact) mass is 577 g/mol. The van der Waals surface area contributed by atoms with Crippen LogP contribution in [0.4, 0.5) is 5.69 Å². The Labute approximate surface area is 247 Å². The van der Waals surface area contributed by atoms with Gasteiger partial charge >= 0.3 is 0 Å². The summed E-state index contributed by atoms with van der Waals surface area (Å²) in [5, 5.41) is 19.9. The average molecular weight is 578 g/mol. The lowest BCUT2D eigenvalue weighted by Gasteiger charge is -2.36. The number of fused-ring (bicyclic) bond motifs is 2. The highest BCUT2D eigenvalue weighted by molar-refractivity contribution is 6.26. The van der Waals surface area contributed by atoms with Crippen LogP contribution in [0.15, 0.2) is 55.1 Å². The fraction of sp³-hybridized carbons (Fsp3) is 0.344. The van der Waals surface area contributed by atoms with E-state index in [1.807, 2.05) is 24.5 Å². The third kappa shape index (κ3) is 5.04. The number of pyridine rings is 2. The van der Waals surface area contributed by atoms with Crippen molar-refractivity contribution in [3.8, 4) is 0 Å². The van der Waals surface area contributed by atoms with Gasteiger partial charge in [-0.2, -0.15) is 0 Å². The van der Waals surface area contributed by atoms with Gasteiger partial charge in [0.15, 0.2) is 0 Å². The molecule has 4 N–H and O–H groups in total. The van der Waals surface area contributed by atoms with Gasteiger partial charge in [0.05, 0.1) is 16.8 Å². The molecule has 43 heavy (non-hydrogen) atoms. The zero-order valence-corrected chi connectivity index (χ0v) is 23.4. The van der Waals surface area contributed by atoms with Crippen molar-refractivity contribution in [3.63, 3.8) is 0 Å². The molecule has 1 aromatic carbocycles. The molecule has 3 fully saturated rings. The Hall–Kier alpha value is -4.93. The maximum Gasteiger partial charge on any atom is 0.262 e. The normalized spacial score (nSPS) is 23.6. The second-order valence-corrected chi connectivity index (χ2v) is 11.8. The molecule has 0 bridgehead atoms. The van der Waals surface area contributed by atoms with Gasteiger partial charge in [0, 0.05) is 77.5 Å². The van der Waals surface area contributed by atoms with Gasteiger partial charge in [-0.3, -0.25) is 39.4 Å². The number of amides is 4. The second kappa shape index (κ2) is 10.7. The fourth-order valence-corrected chi connectivity index (χ4v) is 6.18. The minimum Gasteiger partial charge on any atom is -0.388 e. The fourth-order valence-electron chi connectivity index (χ4n) is 6.18. The topological polar surface area (TPSA) is 157 Å². The summed E-state index contributed by atoms with van der Waals surface area (Å²) < 4.78 is 0. The molecule has 0 spiro atoms. The molecule has 218 valence electrons. The van der Waals surface area contributed by atoms with E-state index in [2.05, 4.69) is 25.9 Å².